The average molecular weight is 377 g/mol. The van der Waals surface area contributed by atoms with E-state index in [9.17, 15) is 9.59 Å². The van der Waals surface area contributed by atoms with Crippen molar-refractivity contribution in [3.8, 4) is 5.75 Å². The second kappa shape index (κ2) is 10.2. The predicted octanol–water partition coefficient (Wildman–Crippen LogP) is 1.52. The second-order valence-electron chi connectivity index (χ2n) is 7.21. The molecular weight excluding hydrogens is 346 g/mol. The molecule has 1 N–H and O–H groups in total. The first-order valence-corrected chi connectivity index (χ1v) is 9.42. The fraction of sp³-hybridized carbons (Fsp3) is 0.600. The number of para-hydroxylation sites is 2. The molecule has 7 heteroatoms. The minimum Gasteiger partial charge on any atom is -0.495 e. The summed E-state index contributed by atoms with van der Waals surface area (Å²) in [6.45, 7) is 7.50. The van der Waals surface area contributed by atoms with Gasteiger partial charge in [0.1, 0.15) is 11.8 Å². The minimum absolute atomic E-state index is 0.142. The van der Waals surface area contributed by atoms with Crippen LogP contribution in [0.15, 0.2) is 24.3 Å². The normalized spacial score (nSPS) is 16.1. The third kappa shape index (κ3) is 6.13. The van der Waals surface area contributed by atoms with Crippen molar-refractivity contribution in [3.63, 3.8) is 0 Å². The number of esters is 1. The van der Waals surface area contributed by atoms with Crippen molar-refractivity contribution in [2.75, 3.05) is 51.8 Å². The van der Waals surface area contributed by atoms with E-state index in [0.717, 1.165) is 37.6 Å². The first kappa shape index (κ1) is 21.0. The van der Waals surface area contributed by atoms with Gasteiger partial charge in [-0.2, -0.15) is 0 Å². The van der Waals surface area contributed by atoms with E-state index in [2.05, 4.69) is 15.1 Å². The molecule has 0 saturated carbocycles. The van der Waals surface area contributed by atoms with E-state index in [0.29, 0.717) is 12.3 Å². The Labute approximate surface area is 161 Å². The summed E-state index contributed by atoms with van der Waals surface area (Å²) in [6, 6.07) is 7.37. The molecule has 0 aliphatic carbocycles. The van der Waals surface area contributed by atoms with Gasteiger partial charge in [-0.3, -0.25) is 9.69 Å². The number of carbonyl (C=O) groups excluding carboxylic acids is 2. The van der Waals surface area contributed by atoms with Crippen molar-refractivity contribution < 1.29 is 19.1 Å². The quantitative estimate of drug-likeness (QED) is 0.693. The van der Waals surface area contributed by atoms with E-state index in [1.807, 2.05) is 38.1 Å². The van der Waals surface area contributed by atoms with Crippen molar-refractivity contribution in [1.82, 2.24) is 10.2 Å². The Kier molecular flexibility index (Phi) is 7.91. The summed E-state index contributed by atoms with van der Waals surface area (Å²) in [5, 5.41) is 2.82. The highest BCUT2D eigenvalue weighted by Gasteiger charge is 2.25. The van der Waals surface area contributed by atoms with Crippen LogP contribution in [0.25, 0.3) is 0 Å². The molecule has 1 saturated heterocycles. The summed E-state index contributed by atoms with van der Waals surface area (Å²) in [5.74, 6) is 0.618. The Hall–Kier alpha value is -2.28. The third-order valence-corrected chi connectivity index (χ3v) is 4.69. The first-order valence-electron chi connectivity index (χ1n) is 9.42. The minimum atomic E-state index is -0.586. The van der Waals surface area contributed by atoms with Crippen LogP contribution in [-0.4, -0.2) is 69.8 Å². The molecule has 1 fully saturated rings. The number of rotatable bonds is 8. The summed E-state index contributed by atoms with van der Waals surface area (Å²) in [6.07, 6.45) is 0.569. The van der Waals surface area contributed by atoms with Gasteiger partial charge < -0.3 is 19.7 Å². The van der Waals surface area contributed by atoms with Crippen molar-refractivity contribution in [2.24, 2.45) is 5.92 Å². The zero-order valence-corrected chi connectivity index (χ0v) is 16.7. The van der Waals surface area contributed by atoms with Crippen LogP contribution in [0.2, 0.25) is 0 Å². The molecule has 7 nitrogen and oxygen atoms in total. The van der Waals surface area contributed by atoms with E-state index in [4.69, 9.17) is 9.47 Å². The van der Waals surface area contributed by atoms with Crippen molar-refractivity contribution in [1.29, 1.82) is 0 Å². The molecule has 1 atom stereocenters. The van der Waals surface area contributed by atoms with Crippen molar-refractivity contribution in [2.45, 2.75) is 26.3 Å². The molecule has 1 heterocycles. The molecule has 1 aliphatic heterocycles. The van der Waals surface area contributed by atoms with Gasteiger partial charge in [0.15, 0.2) is 0 Å². The van der Waals surface area contributed by atoms with Gasteiger partial charge in [-0.05, 0) is 24.5 Å². The standard InChI is InChI=1S/C20H31N3O4/c1-15(2)13-16(20(25)27-4)21-19(24)14-22-9-11-23(12-10-22)17-7-5-6-8-18(17)26-3/h5-8,15-16H,9-14H2,1-4H3,(H,21,24)/t16-/m0/s1. The fourth-order valence-corrected chi connectivity index (χ4v) is 3.31. The molecule has 0 unspecified atom stereocenters. The van der Waals surface area contributed by atoms with Gasteiger partial charge in [-0.25, -0.2) is 4.79 Å². The largest absolute Gasteiger partial charge is 0.495 e. The van der Waals surface area contributed by atoms with E-state index in [1.54, 1.807) is 7.11 Å². The van der Waals surface area contributed by atoms with Crippen LogP contribution in [0.4, 0.5) is 5.69 Å². The lowest BCUT2D eigenvalue weighted by molar-refractivity contribution is -0.145. The smallest absolute Gasteiger partial charge is 0.328 e. The number of benzene rings is 1. The fourth-order valence-electron chi connectivity index (χ4n) is 3.31. The number of amides is 1. The van der Waals surface area contributed by atoms with Crippen molar-refractivity contribution >= 4 is 17.6 Å². The maximum absolute atomic E-state index is 12.4. The Bertz CT molecular complexity index is 627. The summed E-state index contributed by atoms with van der Waals surface area (Å²) >= 11 is 0. The molecule has 1 aliphatic rings. The van der Waals surface area contributed by atoms with Gasteiger partial charge in [-0.15, -0.1) is 0 Å². The summed E-state index contributed by atoms with van der Waals surface area (Å²) in [7, 11) is 3.02. The lowest BCUT2D eigenvalue weighted by Crippen LogP contribution is -2.51. The molecule has 1 aromatic carbocycles. The number of piperazine rings is 1. The van der Waals surface area contributed by atoms with E-state index >= 15 is 0 Å². The number of carbonyl (C=O) groups is 2. The van der Waals surface area contributed by atoms with Gasteiger partial charge in [0.2, 0.25) is 5.91 Å². The molecule has 0 radical (unpaired) electrons. The molecule has 150 valence electrons. The molecule has 0 bridgehead atoms. The van der Waals surface area contributed by atoms with Crippen LogP contribution in [0.5, 0.6) is 5.75 Å². The Morgan fingerprint density at radius 3 is 2.37 bits per heavy atom. The lowest BCUT2D eigenvalue weighted by atomic mass is 10.0. The number of nitrogens with one attached hydrogen (secondary N) is 1. The summed E-state index contributed by atoms with van der Waals surface area (Å²) < 4.78 is 10.2. The first-order chi connectivity index (χ1) is 12.9. The summed E-state index contributed by atoms with van der Waals surface area (Å²) in [4.78, 5) is 28.6. The van der Waals surface area contributed by atoms with Gasteiger partial charge in [0.05, 0.1) is 26.5 Å². The van der Waals surface area contributed by atoms with Gasteiger partial charge in [0.25, 0.3) is 0 Å². The van der Waals surface area contributed by atoms with Crippen LogP contribution in [0, 0.1) is 5.92 Å². The zero-order valence-electron chi connectivity index (χ0n) is 16.7. The predicted molar refractivity (Wildman–Crippen MR) is 105 cm³/mol. The Balaban J connectivity index is 1.85. The van der Waals surface area contributed by atoms with Crippen molar-refractivity contribution in [3.05, 3.63) is 24.3 Å². The van der Waals surface area contributed by atoms with Crippen LogP contribution in [-0.2, 0) is 14.3 Å². The highest BCUT2D eigenvalue weighted by atomic mass is 16.5. The van der Waals surface area contributed by atoms with E-state index < -0.39 is 12.0 Å². The highest BCUT2D eigenvalue weighted by molar-refractivity contribution is 5.85. The van der Waals surface area contributed by atoms with Gasteiger partial charge in [0, 0.05) is 26.2 Å². The molecular formula is C20H31N3O4. The lowest BCUT2D eigenvalue weighted by Gasteiger charge is -2.36. The van der Waals surface area contributed by atoms with E-state index in [1.165, 1.54) is 7.11 Å². The number of methoxy groups -OCH3 is 2. The maximum atomic E-state index is 12.4. The topological polar surface area (TPSA) is 71.1 Å². The molecule has 0 aromatic heterocycles. The van der Waals surface area contributed by atoms with E-state index in [-0.39, 0.29) is 12.5 Å². The Morgan fingerprint density at radius 2 is 1.78 bits per heavy atom. The van der Waals surface area contributed by atoms with Crippen LogP contribution < -0.4 is 15.0 Å². The number of hydrogen-bond donors (Lipinski definition) is 1. The Morgan fingerprint density at radius 1 is 1.11 bits per heavy atom. The van der Waals surface area contributed by atoms with Gasteiger partial charge in [-0.1, -0.05) is 26.0 Å². The molecule has 1 amide bonds. The zero-order chi connectivity index (χ0) is 19.8. The van der Waals surface area contributed by atoms with Crippen LogP contribution >= 0.6 is 0 Å². The van der Waals surface area contributed by atoms with Gasteiger partial charge >= 0.3 is 5.97 Å². The molecule has 0 spiro atoms. The molecule has 27 heavy (non-hydrogen) atoms. The number of nitrogens with zero attached hydrogens (tertiary/aromatic N) is 2. The average Bonchev–Trinajstić information content (AvgIpc) is 2.67. The number of ether oxygens (including phenoxy) is 2. The summed E-state index contributed by atoms with van der Waals surface area (Å²) in [5.41, 5.74) is 1.08. The second-order valence-corrected chi connectivity index (χ2v) is 7.21. The SMILES string of the molecule is COC(=O)[C@H](CC(C)C)NC(=O)CN1CCN(c2ccccc2OC)CC1. The number of anilines is 1. The molecule has 1 aromatic rings. The van der Waals surface area contributed by atoms with Crippen LogP contribution in [0.1, 0.15) is 20.3 Å². The highest BCUT2D eigenvalue weighted by Crippen LogP contribution is 2.28. The maximum Gasteiger partial charge on any atom is 0.328 e. The third-order valence-electron chi connectivity index (χ3n) is 4.69. The number of hydrogen-bond acceptors (Lipinski definition) is 6. The molecule has 2 rings (SSSR count). The van der Waals surface area contributed by atoms with Crippen LogP contribution in [0.3, 0.4) is 0 Å². The monoisotopic (exact) mass is 377 g/mol.